The van der Waals surface area contributed by atoms with E-state index >= 15 is 0 Å². The molecule has 0 saturated carbocycles. The molecule has 2 aromatic carbocycles. The van der Waals surface area contributed by atoms with Crippen LogP contribution < -0.4 is 5.32 Å². The van der Waals surface area contributed by atoms with Crippen LogP contribution in [0.3, 0.4) is 0 Å². The van der Waals surface area contributed by atoms with E-state index in [1.54, 1.807) is 36.4 Å². The molecule has 7 nitrogen and oxygen atoms in total. The second kappa shape index (κ2) is 6.32. The molecule has 29 heavy (non-hydrogen) atoms. The van der Waals surface area contributed by atoms with Crippen LogP contribution in [0.2, 0.25) is 0 Å². The van der Waals surface area contributed by atoms with Crippen molar-refractivity contribution in [3.8, 4) is 17.4 Å². The van der Waals surface area contributed by atoms with Gasteiger partial charge in [-0.3, -0.25) is 14.9 Å². The maximum atomic E-state index is 11.9. The summed E-state index contributed by atoms with van der Waals surface area (Å²) in [6.07, 6.45) is 1.60. The smallest absolute Gasteiger partial charge is 0.258 e. The number of carbonyl (C=O) groups excluding carboxylic acids is 2. The number of hydrogen-bond acceptors (Lipinski definition) is 5. The van der Waals surface area contributed by atoms with Crippen molar-refractivity contribution in [2.75, 3.05) is 0 Å². The van der Waals surface area contributed by atoms with Crippen LogP contribution in [0.25, 0.3) is 34.0 Å². The number of imide groups is 1. The molecule has 0 fully saturated rings. The Kier molecular flexibility index (Phi) is 3.64. The summed E-state index contributed by atoms with van der Waals surface area (Å²) in [5, 5.41) is 11.8. The lowest BCUT2D eigenvalue weighted by Crippen LogP contribution is -2.19. The van der Waals surface area contributed by atoms with Crippen molar-refractivity contribution in [1.82, 2.24) is 15.3 Å². The molecule has 1 aliphatic heterocycles. The molecule has 0 radical (unpaired) electrons. The van der Waals surface area contributed by atoms with E-state index in [1.165, 1.54) is 0 Å². The number of aromatic nitrogens is 2. The van der Waals surface area contributed by atoms with Crippen LogP contribution in [0.15, 0.2) is 59.0 Å². The minimum Gasteiger partial charge on any atom is -0.457 e. The summed E-state index contributed by atoms with van der Waals surface area (Å²) in [5.41, 5.74) is 3.28. The fourth-order valence-corrected chi connectivity index (χ4v) is 3.28. The van der Waals surface area contributed by atoms with Crippen LogP contribution in [-0.4, -0.2) is 21.8 Å². The van der Waals surface area contributed by atoms with E-state index < -0.39 is 11.8 Å². The molecule has 2 aromatic heterocycles. The summed E-state index contributed by atoms with van der Waals surface area (Å²) in [7, 11) is 0. The topological polar surface area (TPSA) is 112 Å². The Labute approximate surface area is 164 Å². The summed E-state index contributed by atoms with van der Waals surface area (Å²) in [4.78, 5) is 31.1. The zero-order chi connectivity index (χ0) is 20.0. The molecule has 3 heterocycles. The highest BCUT2D eigenvalue weighted by Crippen LogP contribution is 2.28. The van der Waals surface area contributed by atoms with Gasteiger partial charge in [-0.05, 0) is 36.4 Å². The second-order valence-electron chi connectivity index (χ2n) is 6.52. The van der Waals surface area contributed by atoms with Crippen LogP contribution >= 0.6 is 0 Å². The third kappa shape index (κ3) is 2.80. The second-order valence-corrected chi connectivity index (χ2v) is 6.52. The largest absolute Gasteiger partial charge is 0.457 e. The third-order valence-electron chi connectivity index (χ3n) is 4.70. The van der Waals surface area contributed by atoms with E-state index in [1.807, 2.05) is 24.3 Å². The van der Waals surface area contributed by atoms with Gasteiger partial charge in [0.25, 0.3) is 11.8 Å². The van der Waals surface area contributed by atoms with E-state index in [-0.39, 0.29) is 0 Å². The number of hydrogen-bond donors (Lipinski definition) is 2. The lowest BCUT2D eigenvalue weighted by atomic mass is 10.0. The van der Waals surface area contributed by atoms with Crippen molar-refractivity contribution >= 4 is 34.5 Å². The Balaban J connectivity index is 1.49. The number of allylic oxidation sites excluding steroid dienone is 1. The Morgan fingerprint density at radius 2 is 1.86 bits per heavy atom. The molecule has 138 valence electrons. The van der Waals surface area contributed by atoms with Gasteiger partial charge in [0.2, 0.25) is 0 Å². The van der Waals surface area contributed by atoms with Crippen LogP contribution in [0, 0.1) is 11.3 Å². The first-order valence-corrected chi connectivity index (χ1v) is 8.79. The number of rotatable bonds is 3. The number of para-hydroxylation sites is 2. The monoisotopic (exact) mass is 380 g/mol. The Bertz CT molecular complexity index is 1350. The zero-order valence-corrected chi connectivity index (χ0v) is 14.9. The van der Waals surface area contributed by atoms with Gasteiger partial charge in [-0.15, -0.1) is 0 Å². The number of amides is 2. The van der Waals surface area contributed by atoms with Crippen molar-refractivity contribution in [3.05, 3.63) is 77.3 Å². The number of aromatic amines is 1. The maximum absolute atomic E-state index is 11.9. The fraction of sp³-hybridized carbons (Fsp3) is 0. The summed E-state index contributed by atoms with van der Waals surface area (Å²) < 4.78 is 5.83. The number of carbonyl (C=O) groups is 2. The quantitative estimate of drug-likeness (QED) is 0.415. The van der Waals surface area contributed by atoms with E-state index in [9.17, 15) is 14.9 Å². The number of nitrogens with one attached hydrogen (secondary N) is 2. The van der Waals surface area contributed by atoms with Gasteiger partial charge in [-0.2, -0.15) is 5.26 Å². The first-order valence-electron chi connectivity index (χ1n) is 8.79. The van der Waals surface area contributed by atoms with Gasteiger partial charge < -0.3 is 9.40 Å². The van der Waals surface area contributed by atoms with Crippen LogP contribution in [0.4, 0.5) is 0 Å². The van der Waals surface area contributed by atoms with Gasteiger partial charge in [0.15, 0.2) is 0 Å². The van der Waals surface area contributed by atoms with Crippen LogP contribution in [-0.2, 0) is 0 Å². The molecule has 0 aliphatic carbocycles. The highest BCUT2D eigenvalue weighted by atomic mass is 16.3. The van der Waals surface area contributed by atoms with E-state index in [0.29, 0.717) is 39.6 Å². The predicted octanol–water partition coefficient (Wildman–Crippen LogP) is 3.77. The molecule has 7 heteroatoms. The third-order valence-corrected chi connectivity index (χ3v) is 4.70. The van der Waals surface area contributed by atoms with Crippen molar-refractivity contribution in [1.29, 1.82) is 5.26 Å². The predicted molar refractivity (Wildman–Crippen MR) is 106 cm³/mol. The SMILES string of the molecule is N#CC(=Cc1ccc(-c2ccc3c(c2)C(=O)NC3=O)o1)c1nc2ccccc2[nH]1. The number of H-pyrrole nitrogens is 1. The van der Waals surface area contributed by atoms with Gasteiger partial charge >= 0.3 is 0 Å². The average Bonchev–Trinajstić information content (AvgIpc) is 3.44. The number of nitrogens with zero attached hydrogens (tertiary/aromatic N) is 2. The van der Waals surface area contributed by atoms with Crippen molar-refractivity contribution in [3.63, 3.8) is 0 Å². The lowest BCUT2D eigenvalue weighted by Gasteiger charge is -1.99. The number of furan rings is 1. The molecule has 2 amide bonds. The van der Waals surface area contributed by atoms with E-state index in [4.69, 9.17) is 4.42 Å². The minimum absolute atomic E-state index is 0.320. The van der Waals surface area contributed by atoms with Crippen molar-refractivity contribution < 1.29 is 14.0 Å². The summed E-state index contributed by atoms with van der Waals surface area (Å²) in [6.45, 7) is 0. The zero-order valence-electron chi connectivity index (χ0n) is 14.9. The molecule has 0 atom stereocenters. The average molecular weight is 380 g/mol. The highest BCUT2D eigenvalue weighted by molar-refractivity contribution is 6.21. The molecule has 4 aromatic rings. The minimum atomic E-state index is -0.421. The highest BCUT2D eigenvalue weighted by Gasteiger charge is 2.27. The van der Waals surface area contributed by atoms with Gasteiger partial charge in [-0.1, -0.05) is 18.2 Å². The van der Waals surface area contributed by atoms with Crippen molar-refractivity contribution in [2.24, 2.45) is 0 Å². The number of benzene rings is 2. The fourth-order valence-electron chi connectivity index (χ4n) is 3.28. The van der Waals surface area contributed by atoms with Crippen molar-refractivity contribution in [2.45, 2.75) is 0 Å². The Hall–Kier alpha value is -4.44. The normalized spacial score (nSPS) is 13.4. The molecule has 0 spiro atoms. The molecule has 0 bridgehead atoms. The molecule has 0 unspecified atom stereocenters. The summed E-state index contributed by atoms with van der Waals surface area (Å²) >= 11 is 0. The number of fused-ring (bicyclic) bond motifs is 2. The van der Waals surface area contributed by atoms with Crippen LogP contribution in [0.5, 0.6) is 0 Å². The molecular weight excluding hydrogens is 368 g/mol. The van der Waals surface area contributed by atoms with Gasteiger partial charge in [0.1, 0.15) is 23.4 Å². The summed E-state index contributed by atoms with van der Waals surface area (Å²) in [5.74, 6) is 0.629. The van der Waals surface area contributed by atoms with Gasteiger partial charge in [0, 0.05) is 11.6 Å². The van der Waals surface area contributed by atoms with E-state index in [2.05, 4.69) is 21.4 Å². The molecule has 1 aliphatic rings. The summed E-state index contributed by atoms with van der Waals surface area (Å²) in [6, 6.07) is 18.1. The Morgan fingerprint density at radius 3 is 2.69 bits per heavy atom. The molecular formula is C22H12N4O3. The molecule has 0 saturated heterocycles. The van der Waals surface area contributed by atoms with Gasteiger partial charge in [0.05, 0.1) is 27.7 Å². The molecule has 5 rings (SSSR count). The lowest BCUT2D eigenvalue weighted by molar-refractivity contribution is 0.0879. The Morgan fingerprint density at radius 1 is 1.03 bits per heavy atom. The van der Waals surface area contributed by atoms with E-state index in [0.717, 1.165) is 11.0 Å². The van der Waals surface area contributed by atoms with Crippen LogP contribution in [0.1, 0.15) is 32.3 Å². The maximum Gasteiger partial charge on any atom is 0.258 e. The standard InChI is InChI=1S/C22H12N4O3/c23-11-13(20-24-17-3-1-2-4-18(17)25-20)9-14-6-8-19(29-14)12-5-7-15-16(10-12)22(28)26-21(15)27/h1-10H,(H,24,25)(H,26,27,28). The first-order chi connectivity index (χ1) is 14.1. The van der Waals surface area contributed by atoms with Gasteiger partial charge in [-0.25, -0.2) is 4.98 Å². The number of nitriles is 1. The number of imidazole rings is 1. The first kappa shape index (κ1) is 16.7. The molecule has 2 N–H and O–H groups in total.